The third-order valence-corrected chi connectivity index (χ3v) is 7.33. The average Bonchev–Trinajstić information content (AvgIpc) is 3.58. The number of pyridine rings is 1. The molecule has 1 heterocycles. The van der Waals surface area contributed by atoms with Crippen molar-refractivity contribution in [3.8, 4) is 54.6 Å². The van der Waals surface area contributed by atoms with E-state index in [1.165, 1.54) is 12.1 Å². The van der Waals surface area contributed by atoms with Crippen LogP contribution >= 0.6 is 0 Å². The van der Waals surface area contributed by atoms with Crippen molar-refractivity contribution < 1.29 is 13.2 Å². The Kier molecular flexibility index (Phi) is 7.36. The zero-order valence-corrected chi connectivity index (χ0v) is 23.0. The molecule has 10 nitrogen and oxygen atoms in total. The zero-order valence-electron chi connectivity index (χ0n) is 23.0. The van der Waals surface area contributed by atoms with E-state index in [0.717, 1.165) is 12.1 Å². The smallest absolute Gasteiger partial charge is 0.208 e. The standard InChI is InChI=1S/C34H5F3N10/c35-25-5-20(26(36)3-15(25)6-38)34-24(13-45)31-21(29(34)16(7-39)8-40)4-19-22(11-43)32(18-1-2-28(37)47-27(18)14-46)30(17(9-41)10-42)33(19)23(31)12-44/h1-5H. The van der Waals surface area contributed by atoms with Crippen LogP contribution in [0.25, 0.3) is 33.4 Å². The van der Waals surface area contributed by atoms with Gasteiger partial charge in [0.15, 0.2) is 5.69 Å². The maximum Gasteiger partial charge on any atom is 0.214 e. The molecule has 0 bridgehead atoms. The molecule has 5 rings (SSSR count). The molecule has 0 radical (unpaired) electrons. The number of rotatable bonds is 2. The van der Waals surface area contributed by atoms with E-state index in [1.807, 2.05) is 18.2 Å². The molecular formula is C34H5F3N10. The maximum absolute atomic E-state index is 15.5. The van der Waals surface area contributed by atoms with E-state index in [9.17, 15) is 50.9 Å². The highest BCUT2D eigenvalue weighted by molar-refractivity contribution is 6.31. The van der Waals surface area contributed by atoms with Gasteiger partial charge >= 0.3 is 0 Å². The number of hydrogen-bond acceptors (Lipinski definition) is 10. The molecule has 0 unspecified atom stereocenters. The number of hydrogen-bond donors (Lipinski definition) is 0. The number of benzene rings is 2. The van der Waals surface area contributed by atoms with Gasteiger partial charge in [-0.2, -0.15) is 51.7 Å². The van der Waals surface area contributed by atoms with Crippen LogP contribution in [0.5, 0.6) is 0 Å². The molecule has 13 heteroatoms. The molecule has 2 aromatic carbocycles. The third kappa shape index (κ3) is 4.23. The van der Waals surface area contributed by atoms with E-state index in [0.29, 0.717) is 12.1 Å². The molecule has 2 aliphatic carbocycles. The number of fused-ring (bicyclic) bond motifs is 2. The topological polar surface area (TPSA) is 227 Å². The van der Waals surface area contributed by atoms with Crippen molar-refractivity contribution in [2.75, 3.05) is 0 Å². The Labute approximate surface area is 262 Å². The van der Waals surface area contributed by atoms with Crippen LogP contribution in [0.15, 0.2) is 41.5 Å². The Bertz CT molecular complexity index is 2560. The fraction of sp³-hybridized carbons (Fsp3) is 0. The summed E-state index contributed by atoms with van der Waals surface area (Å²) in [5, 5.41) is 89.8. The maximum atomic E-state index is 15.5. The van der Waals surface area contributed by atoms with Gasteiger partial charge in [-0.3, -0.25) is 0 Å². The molecule has 3 aromatic rings. The molecule has 0 atom stereocenters. The second-order valence-electron chi connectivity index (χ2n) is 9.44. The first kappa shape index (κ1) is 30.2. The van der Waals surface area contributed by atoms with Crippen LogP contribution < -0.4 is 0 Å². The summed E-state index contributed by atoms with van der Waals surface area (Å²) in [5.74, 6) is -3.45. The minimum atomic E-state index is -1.21. The Morgan fingerprint density at radius 2 is 1.15 bits per heavy atom. The first-order valence-electron chi connectivity index (χ1n) is 12.7. The van der Waals surface area contributed by atoms with Crippen molar-refractivity contribution in [1.29, 1.82) is 47.4 Å². The largest absolute Gasteiger partial charge is 0.214 e. The molecule has 0 fully saturated rings. The molecule has 0 N–H and O–H groups in total. The molecule has 0 saturated heterocycles. The van der Waals surface area contributed by atoms with Crippen LogP contribution in [0.1, 0.15) is 50.2 Å². The summed E-state index contributed by atoms with van der Waals surface area (Å²) in [6.07, 6.45) is 0. The van der Waals surface area contributed by atoms with Crippen molar-refractivity contribution >= 4 is 33.4 Å². The van der Waals surface area contributed by atoms with Crippen LogP contribution in [0.2, 0.25) is 0 Å². The minimum Gasteiger partial charge on any atom is -0.208 e. The van der Waals surface area contributed by atoms with Gasteiger partial charge in [0.25, 0.3) is 0 Å². The van der Waals surface area contributed by atoms with Crippen LogP contribution in [-0.4, -0.2) is 4.98 Å². The van der Waals surface area contributed by atoms with Crippen molar-refractivity contribution in [1.82, 2.24) is 4.98 Å². The molecule has 1 aromatic heterocycles. The molecule has 2 aliphatic rings. The van der Waals surface area contributed by atoms with E-state index in [-0.39, 0.29) is 44.5 Å². The monoisotopic (exact) mass is 610 g/mol. The number of halogens is 3. The van der Waals surface area contributed by atoms with E-state index in [1.54, 1.807) is 30.3 Å². The predicted octanol–water partition coefficient (Wildman–Crippen LogP) is 5.61. The van der Waals surface area contributed by atoms with E-state index >= 15 is 4.39 Å². The lowest BCUT2D eigenvalue weighted by atomic mass is 9.86. The summed E-state index contributed by atoms with van der Waals surface area (Å²) < 4.78 is 44.3. The van der Waals surface area contributed by atoms with Crippen molar-refractivity contribution in [2.24, 2.45) is 0 Å². The first-order valence-corrected chi connectivity index (χ1v) is 12.7. The lowest BCUT2D eigenvalue weighted by Crippen LogP contribution is -2.01. The van der Waals surface area contributed by atoms with Gasteiger partial charge in [-0.25, -0.2) is 13.8 Å². The molecule has 47 heavy (non-hydrogen) atoms. The summed E-state index contributed by atoms with van der Waals surface area (Å²) in [6, 6.07) is 19.6. The van der Waals surface area contributed by atoms with Crippen molar-refractivity contribution in [3.05, 3.63) is 109 Å². The van der Waals surface area contributed by atoms with Gasteiger partial charge in [-0.1, -0.05) is 0 Å². The van der Waals surface area contributed by atoms with Gasteiger partial charge < -0.3 is 0 Å². The van der Waals surface area contributed by atoms with Gasteiger partial charge in [0.2, 0.25) is 5.95 Å². The third-order valence-electron chi connectivity index (χ3n) is 7.33. The zero-order chi connectivity index (χ0) is 34.2. The Morgan fingerprint density at radius 1 is 0.532 bits per heavy atom. The minimum absolute atomic E-state index is 0.151. The quantitative estimate of drug-likeness (QED) is 0.257. The molecule has 0 saturated carbocycles. The summed E-state index contributed by atoms with van der Waals surface area (Å²) in [4.78, 5) is 3.53. The van der Waals surface area contributed by atoms with Crippen LogP contribution in [0.4, 0.5) is 13.2 Å². The fourth-order valence-electron chi connectivity index (χ4n) is 5.57. The van der Waals surface area contributed by atoms with Crippen LogP contribution in [0.3, 0.4) is 0 Å². The lowest BCUT2D eigenvalue weighted by molar-refractivity contribution is 0.582. The van der Waals surface area contributed by atoms with Gasteiger partial charge in [0, 0.05) is 50.1 Å². The summed E-state index contributed by atoms with van der Waals surface area (Å²) in [5.41, 5.74) is -6.99. The van der Waals surface area contributed by atoms with E-state index < -0.39 is 67.8 Å². The highest BCUT2D eigenvalue weighted by Gasteiger charge is 2.41. The Hall–Kier alpha value is -8.25. The summed E-state index contributed by atoms with van der Waals surface area (Å²) in [7, 11) is 0. The highest BCUT2D eigenvalue weighted by Crippen LogP contribution is 2.56. The Morgan fingerprint density at radius 3 is 1.70 bits per heavy atom. The van der Waals surface area contributed by atoms with Gasteiger partial charge in [0.05, 0.1) is 22.3 Å². The van der Waals surface area contributed by atoms with Gasteiger partial charge in [-0.05, 0) is 35.9 Å². The van der Waals surface area contributed by atoms with Crippen LogP contribution in [-0.2, 0) is 0 Å². The first-order chi connectivity index (χ1) is 22.7. The molecule has 0 amide bonds. The van der Waals surface area contributed by atoms with E-state index in [4.69, 9.17) is 5.26 Å². The predicted molar refractivity (Wildman–Crippen MR) is 152 cm³/mol. The second-order valence-corrected chi connectivity index (χ2v) is 9.44. The number of nitrogens with zero attached hydrogens (tertiary/aromatic N) is 10. The van der Waals surface area contributed by atoms with Gasteiger partial charge in [-0.15, -0.1) is 0 Å². The number of allylic oxidation sites excluding steroid dienone is 8. The van der Waals surface area contributed by atoms with Crippen LogP contribution in [0, 0.1) is 120 Å². The fourth-order valence-corrected chi connectivity index (χ4v) is 5.57. The highest BCUT2D eigenvalue weighted by atomic mass is 19.1. The molecular weight excluding hydrogens is 605 g/mol. The Balaban J connectivity index is 2.05. The van der Waals surface area contributed by atoms with Gasteiger partial charge in [0.1, 0.15) is 77.4 Å². The van der Waals surface area contributed by atoms with Crippen molar-refractivity contribution in [3.63, 3.8) is 0 Å². The molecule has 0 spiro atoms. The van der Waals surface area contributed by atoms with Crippen molar-refractivity contribution in [2.45, 2.75) is 0 Å². The summed E-state index contributed by atoms with van der Waals surface area (Å²) >= 11 is 0. The lowest BCUT2D eigenvalue weighted by Gasteiger charge is -2.13. The molecule has 0 aliphatic heterocycles. The number of nitriles is 9. The average molecular weight is 610 g/mol. The molecule has 212 valence electrons. The number of aromatic nitrogens is 1. The second kappa shape index (κ2) is 11.4. The normalized spacial score (nSPS) is 12.1. The summed E-state index contributed by atoms with van der Waals surface area (Å²) in [6.45, 7) is 0. The van der Waals surface area contributed by atoms with E-state index in [2.05, 4.69) is 4.98 Å². The SMILES string of the molecule is N#CC(C#N)=C1C(c2cc(F)c(C#N)cc2F)=C(C#N)c2c1cc1c(c2C#N)C(=C(C#N)C#N)C(c2ccc(F)nc2C#N)=C1C#N.